The lowest BCUT2D eigenvalue weighted by Gasteiger charge is -2.11. The van der Waals surface area contributed by atoms with E-state index in [-0.39, 0.29) is 31.3 Å². The Morgan fingerprint density at radius 1 is 1.15 bits per heavy atom. The van der Waals surface area contributed by atoms with Gasteiger partial charge in [0.05, 0.1) is 6.10 Å². The summed E-state index contributed by atoms with van der Waals surface area (Å²) in [5.74, 6) is -1.77. The highest BCUT2D eigenvalue weighted by molar-refractivity contribution is 7.15. The molecule has 0 bridgehead atoms. The van der Waals surface area contributed by atoms with Crippen LogP contribution in [0.1, 0.15) is 43.5 Å². The van der Waals surface area contributed by atoms with Gasteiger partial charge in [0.25, 0.3) is 0 Å². The number of carboxylic acids is 1. The van der Waals surface area contributed by atoms with Crippen LogP contribution in [-0.4, -0.2) is 29.1 Å². The Morgan fingerprint density at radius 2 is 1.85 bits per heavy atom. The average Bonchev–Trinajstić information content (AvgIpc) is 2.98. The molecule has 2 N–H and O–H groups in total. The zero-order chi connectivity index (χ0) is 19.1. The van der Waals surface area contributed by atoms with Crippen molar-refractivity contribution in [3.8, 4) is 11.1 Å². The van der Waals surface area contributed by atoms with Gasteiger partial charge in [-0.15, -0.1) is 11.3 Å². The van der Waals surface area contributed by atoms with Crippen LogP contribution in [0.4, 0.5) is 5.00 Å². The molecule has 1 aromatic carbocycles. The van der Waals surface area contributed by atoms with Crippen LogP contribution < -0.4 is 5.32 Å². The van der Waals surface area contributed by atoms with Gasteiger partial charge in [0.1, 0.15) is 10.6 Å². The maximum absolute atomic E-state index is 12.6. The summed E-state index contributed by atoms with van der Waals surface area (Å²) >= 11 is 1.25. The molecule has 0 saturated carbocycles. The van der Waals surface area contributed by atoms with Crippen LogP contribution in [0.3, 0.4) is 0 Å². The van der Waals surface area contributed by atoms with E-state index in [9.17, 15) is 14.4 Å². The number of carboxylic acid groups (broad SMARTS) is 1. The summed E-state index contributed by atoms with van der Waals surface area (Å²) in [6.07, 6.45) is -0.0480. The summed E-state index contributed by atoms with van der Waals surface area (Å²) in [7, 11) is 0. The topological polar surface area (TPSA) is 92.7 Å². The SMILES string of the molecule is CC(C)OC(=O)c1c(-c2ccccc2)csc1NC(=O)CCCC(=O)O. The minimum Gasteiger partial charge on any atom is -0.481 e. The van der Waals surface area contributed by atoms with Crippen molar-refractivity contribution in [2.75, 3.05) is 5.32 Å². The van der Waals surface area contributed by atoms with Gasteiger partial charge >= 0.3 is 11.9 Å². The van der Waals surface area contributed by atoms with Crippen molar-refractivity contribution in [2.24, 2.45) is 0 Å². The van der Waals surface area contributed by atoms with E-state index in [4.69, 9.17) is 9.84 Å². The minimum atomic E-state index is -0.943. The van der Waals surface area contributed by atoms with Crippen LogP contribution in [-0.2, 0) is 14.3 Å². The average molecular weight is 375 g/mol. The van der Waals surface area contributed by atoms with E-state index in [1.165, 1.54) is 11.3 Å². The number of hydrogen-bond acceptors (Lipinski definition) is 5. The molecule has 0 saturated heterocycles. The van der Waals surface area contributed by atoms with Crippen molar-refractivity contribution in [1.82, 2.24) is 0 Å². The van der Waals surface area contributed by atoms with Crippen molar-refractivity contribution in [2.45, 2.75) is 39.2 Å². The molecule has 2 aromatic rings. The molecule has 0 fully saturated rings. The van der Waals surface area contributed by atoms with Gasteiger partial charge in [0.15, 0.2) is 0 Å². The van der Waals surface area contributed by atoms with E-state index in [2.05, 4.69) is 5.32 Å². The molecule has 26 heavy (non-hydrogen) atoms. The van der Waals surface area contributed by atoms with Gasteiger partial charge in [-0.3, -0.25) is 9.59 Å². The van der Waals surface area contributed by atoms with Crippen molar-refractivity contribution in [1.29, 1.82) is 0 Å². The summed E-state index contributed by atoms with van der Waals surface area (Å²) in [6.45, 7) is 3.52. The predicted molar refractivity (Wildman–Crippen MR) is 100 cm³/mol. The van der Waals surface area contributed by atoms with Gasteiger partial charge in [0, 0.05) is 23.8 Å². The normalized spacial score (nSPS) is 10.6. The molecule has 1 heterocycles. The molecule has 0 aliphatic carbocycles. The van der Waals surface area contributed by atoms with Gasteiger partial charge in [-0.2, -0.15) is 0 Å². The summed E-state index contributed by atoms with van der Waals surface area (Å²) < 4.78 is 5.33. The highest BCUT2D eigenvalue weighted by Crippen LogP contribution is 2.36. The summed E-state index contributed by atoms with van der Waals surface area (Å²) in [6, 6.07) is 9.38. The van der Waals surface area contributed by atoms with Crippen LogP contribution in [0.2, 0.25) is 0 Å². The number of amides is 1. The molecule has 1 amide bonds. The number of benzene rings is 1. The maximum atomic E-state index is 12.6. The molecular formula is C19H21NO5S. The maximum Gasteiger partial charge on any atom is 0.342 e. The molecule has 0 atom stereocenters. The van der Waals surface area contributed by atoms with Crippen LogP contribution in [0.15, 0.2) is 35.7 Å². The van der Waals surface area contributed by atoms with E-state index in [0.717, 1.165) is 5.56 Å². The lowest BCUT2D eigenvalue weighted by molar-refractivity contribution is -0.137. The fourth-order valence-corrected chi connectivity index (χ4v) is 3.32. The quantitative estimate of drug-likeness (QED) is 0.676. The second-order valence-corrected chi connectivity index (χ2v) is 6.85. The van der Waals surface area contributed by atoms with E-state index in [1.54, 1.807) is 19.2 Å². The monoisotopic (exact) mass is 375 g/mol. The van der Waals surface area contributed by atoms with E-state index >= 15 is 0 Å². The lowest BCUT2D eigenvalue weighted by Crippen LogP contribution is -2.16. The standard InChI is InChI=1S/C19H21NO5S/c1-12(2)25-19(24)17-14(13-7-4-3-5-8-13)11-26-18(17)20-15(21)9-6-10-16(22)23/h3-5,7-8,11-12H,6,9-10H2,1-2H3,(H,20,21)(H,22,23). The van der Waals surface area contributed by atoms with Crippen LogP contribution >= 0.6 is 11.3 Å². The number of carbonyl (C=O) groups is 3. The number of rotatable bonds is 8. The molecule has 138 valence electrons. The first kappa shape index (κ1) is 19.7. The molecule has 0 spiro atoms. The fourth-order valence-electron chi connectivity index (χ4n) is 2.35. The second-order valence-electron chi connectivity index (χ2n) is 5.97. The van der Waals surface area contributed by atoms with Gasteiger partial charge in [0.2, 0.25) is 5.91 Å². The first-order valence-electron chi connectivity index (χ1n) is 8.28. The number of nitrogens with one attached hydrogen (secondary N) is 1. The Kier molecular flexibility index (Phi) is 6.91. The molecular weight excluding hydrogens is 354 g/mol. The molecule has 6 nitrogen and oxygen atoms in total. The van der Waals surface area contributed by atoms with Crippen molar-refractivity contribution < 1.29 is 24.2 Å². The molecule has 0 radical (unpaired) electrons. The van der Waals surface area contributed by atoms with Gasteiger partial charge in [-0.05, 0) is 25.8 Å². The Labute approximate surface area is 155 Å². The Balaban J connectivity index is 2.25. The number of thiophene rings is 1. The number of carbonyl (C=O) groups excluding carboxylic acids is 2. The first-order valence-corrected chi connectivity index (χ1v) is 9.16. The summed E-state index contributed by atoms with van der Waals surface area (Å²) in [5, 5.41) is 13.6. The van der Waals surface area contributed by atoms with E-state index in [0.29, 0.717) is 16.1 Å². The highest BCUT2D eigenvalue weighted by Gasteiger charge is 2.23. The van der Waals surface area contributed by atoms with E-state index in [1.807, 2.05) is 30.3 Å². The number of ether oxygens (including phenoxy) is 1. The predicted octanol–water partition coefficient (Wildman–Crippen LogP) is 4.17. The Morgan fingerprint density at radius 3 is 2.46 bits per heavy atom. The van der Waals surface area contributed by atoms with Crippen molar-refractivity contribution >= 4 is 34.2 Å². The van der Waals surface area contributed by atoms with Gasteiger partial charge in [-0.25, -0.2) is 4.79 Å². The Bertz CT molecular complexity index is 782. The molecule has 0 unspecified atom stereocenters. The molecule has 7 heteroatoms. The molecule has 0 aliphatic heterocycles. The Hall–Kier alpha value is -2.67. The van der Waals surface area contributed by atoms with Gasteiger partial charge in [-0.1, -0.05) is 30.3 Å². The van der Waals surface area contributed by atoms with Crippen LogP contribution in [0, 0.1) is 0 Å². The zero-order valence-electron chi connectivity index (χ0n) is 14.7. The first-order chi connectivity index (χ1) is 12.4. The summed E-state index contributed by atoms with van der Waals surface area (Å²) in [5.41, 5.74) is 1.87. The molecule has 2 rings (SSSR count). The lowest BCUT2D eigenvalue weighted by atomic mass is 10.0. The third kappa shape index (κ3) is 5.42. The van der Waals surface area contributed by atoms with Crippen molar-refractivity contribution in [3.05, 3.63) is 41.3 Å². The van der Waals surface area contributed by atoms with Crippen LogP contribution in [0.5, 0.6) is 0 Å². The van der Waals surface area contributed by atoms with E-state index < -0.39 is 11.9 Å². The highest BCUT2D eigenvalue weighted by atomic mass is 32.1. The largest absolute Gasteiger partial charge is 0.481 e. The molecule has 1 aromatic heterocycles. The molecule has 0 aliphatic rings. The summed E-state index contributed by atoms with van der Waals surface area (Å²) in [4.78, 5) is 35.2. The number of anilines is 1. The third-order valence-electron chi connectivity index (χ3n) is 3.47. The second kappa shape index (κ2) is 9.15. The smallest absolute Gasteiger partial charge is 0.342 e. The van der Waals surface area contributed by atoms with Gasteiger partial charge < -0.3 is 15.2 Å². The zero-order valence-corrected chi connectivity index (χ0v) is 15.5. The third-order valence-corrected chi connectivity index (χ3v) is 4.37. The minimum absolute atomic E-state index is 0.0730. The number of hydrogen-bond donors (Lipinski definition) is 2. The van der Waals surface area contributed by atoms with Crippen molar-refractivity contribution in [3.63, 3.8) is 0 Å². The number of aliphatic carboxylic acids is 1. The number of esters is 1. The van der Waals surface area contributed by atoms with Crippen LogP contribution in [0.25, 0.3) is 11.1 Å². The fraction of sp³-hybridized carbons (Fsp3) is 0.316.